The fourth-order valence-corrected chi connectivity index (χ4v) is 4.35. The molecule has 3 aromatic rings. The predicted molar refractivity (Wildman–Crippen MR) is 129 cm³/mol. The maximum Gasteiger partial charge on any atom is 0.325 e. The molecule has 2 heterocycles. The number of urea groups is 1. The van der Waals surface area contributed by atoms with Gasteiger partial charge in [-0.3, -0.25) is 14.5 Å². The van der Waals surface area contributed by atoms with E-state index < -0.39 is 23.4 Å². The molecular weight excluding hydrogens is 446 g/mol. The van der Waals surface area contributed by atoms with Crippen LogP contribution < -0.4 is 20.1 Å². The number of fused-ring (bicyclic) bond motifs is 1. The van der Waals surface area contributed by atoms with E-state index in [2.05, 4.69) is 10.6 Å². The van der Waals surface area contributed by atoms with Crippen LogP contribution in [0.1, 0.15) is 31.0 Å². The second kappa shape index (κ2) is 8.79. The molecule has 8 nitrogen and oxygen atoms in total. The van der Waals surface area contributed by atoms with E-state index in [0.717, 1.165) is 21.6 Å². The quantitative estimate of drug-likeness (QED) is 0.534. The van der Waals surface area contributed by atoms with Crippen molar-refractivity contribution in [2.75, 3.05) is 13.3 Å². The molecule has 0 spiro atoms. The van der Waals surface area contributed by atoms with Crippen LogP contribution in [0.25, 0.3) is 11.1 Å². The first-order chi connectivity index (χ1) is 16.8. The summed E-state index contributed by atoms with van der Waals surface area (Å²) in [6.07, 6.45) is 0. The normalized spacial score (nSPS) is 19.4. The van der Waals surface area contributed by atoms with Crippen molar-refractivity contribution in [2.45, 2.75) is 25.4 Å². The Morgan fingerprint density at radius 2 is 1.69 bits per heavy atom. The van der Waals surface area contributed by atoms with Crippen LogP contribution >= 0.6 is 0 Å². The largest absolute Gasteiger partial charge is 0.454 e. The molecule has 0 saturated carbocycles. The Balaban J connectivity index is 1.24. The maximum absolute atomic E-state index is 13.2. The molecule has 35 heavy (non-hydrogen) atoms. The van der Waals surface area contributed by atoms with E-state index in [1.807, 2.05) is 61.5 Å². The number of imide groups is 1. The lowest BCUT2D eigenvalue weighted by Crippen LogP contribution is -2.43. The van der Waals surface area contributed by atoms with Crippen molar-refractivity contribution in [1.29, 1.82) is 0 Å². The molecule has 2 aliphatic heterocycles. The molecule has 1 saturated heterocycles. The summed E-state index contributed by atoms with van der Waals surface area (Å²) in [6.45, 7) is 3.20. The number of hydrogen-bond acceptors (Lipinski definition) is 5. The molecule has 0 bridgehead atoms. The average Bonchev–Trinajstić information content (AvgIpc) is 3.43. The van der Waals surface area contributed by atoms with Crippen molar-refractivity contribution >= 4 is 17.8 Å². The molecule has 0 aliphatic carbocycles. The highest BCUT2D eigenvalue weighted by atomic mass is 16.7. The van der Waals surface area contributed by atoms with Gasteiger partial charge in [-0.25, -0.2) is 4.79 Å². The summed E-state index contributed by atoms with van der Waals surface area (Å²) < 4.78 is 10.7. The number of benzene rings is 3. The van der Waals surface area contributed by atoms with Gasteiger partial charge in [0.05, 0.1) is 6.04 Å². The van der Waals surface area contributed by atoms with Gasteiger partial charge in [0.25, 0.3) is 5.91 Å². The first kappa shape index (κ1) is 22.5. The number of ether oxygens (including phenoxy) is 2. The second-order valence-corrected chi connectivity index (χ2v) is 8.79. The highest BCUT2D eigenvalue weighted by Crippen LogP contribution is 2.37. The topological polar surface area (TPSA) is 97.0 Å². The third-order valence-electron chi connectivity index (χ3n) is 6.42. The van der Waals surface area contributed by atoms with Crippen LogP contribution in [-0.2, 0) is 15.1 Å². The van der Waals surface area contributed by atoms with Gasteiger partial charge in [0.2, 0.25) is 12.7 Å². The number of rotatable bonds is 6. The minimum absolute atomic E-state index is 0.106. The number of carbonyl (C=O) groups is 3. The van der Waals surface area contributed by atoms with Crippen molar-refractivity contribution < 1.29 is 23.9 Å². The number of carbonyl (C=O) groups excluding carboxylic acids is 3. The van der Waals surface area contributed by atoms with Crippen LogP contribution in [0.4, 0.5) is 4.79 Å². The van der Waals surface area contributed by atoms with Crippen molar-refractivity contribution in [3.63, 3.8) is 0 Å². The monoisotopic (exact) mass is 471 g/mol. The molecule has 2 aliphatic rings. The second-order valence-electron chi connectivity index (χ2n) is 8.79. The van der Waals surface area contributed by atoms with Crippen LogP contribution in [0.2, 0.25) is 0 Å². The van der Waals surface area contributed by atoms with Gasteiger partial charge >= 0.3 is 6.03 Å². The van der Waals surface area contributed by atoms with Gasteiger partial charge in [0.15, 0.2) is 11.5 Å². The van der Waals surface area contributed by atoms with Gasteiger partial charge in [-0.05, 0) is 48.2 Å². The van der Waals surface area contributed by atoms with Crippen molar-refractivity contribution in [3.05, 3.63) is 83.9 Å². The maximum atomic E-state index is 13.2. The van der Waals surface area contributed by atoms with E-state index in [1.54, 1.807) is 25.1 Å². The van der Waals surface area contributed by atoms with E-state index >= 15 is 0 Å². The van der Waals surface area contributed by atoms with E-state index in [-0.39, 0.29) is 19.4 Å². The van der Waals surface area contributed by atoms with Gasteiger partial charge in [-0.15, -0.1) is 0 Å². The number of nitrogens with one attached hydrogen (secondary N) is 2. The van der Waals surface area contributed by atoms with E-state index in [1.165, 1.54) is 0 Å². The standard InChI is InChI=1S/C27H25N3O5/c1-17(18-8-10-20(11-9-18)19-6-4-3-5-7-19)28-24(31)15-30-25(32)27(2,29-26(30)33)21-12-13-22-23(14-21)35-16-34-22/h3-14,17H,15-16H2,1-2H3,(H,28,31)(H,29,33). The van der Waals surface area contributed by atoms with Gasteiger partial charge in [-0.1, -0.05) is 60.7 Å². The molecule has 0 radical (unpaired) electrons. The summed E-state index contributed by atoms with van der Waals surface area (Å²) in [5, 5.41) is 5.59. The number of nitrogens with zero attached hydrogens (tertiary/aromatic N) is 1. The van der Waals surface area contributed by atoms with Crippen LogP contribution in [-0.4, -0.2) is 36.1 Å². The van der Waals surface area contributed by atoms with Gasteiger partial charge in [-0.2, -0.15) is 0 Å². The first-order valence-corrected chi connectivity index (χ1v) is 11.3. The minimum atomic E-state index is -1.31. The Hall–Kier alpha value is -4.33. The molecule has 2 atom stereocenters. The summed E-state index contributed by atoms with van der Waals surface area (Å²) in [5.74, 6) is 0.157. The molecule has 8 heteroatoms. The Kier molecular flexibility index (Phi) is 5.64. The minimum Gasteiger partial charge on any atom is -0.454 e. The fraction of sp³-hybridized carbons (Fsp3) is 0.222. The number of amides is 4. The highest BCUT2D eigenvalue weighted by molar-refractivity contribution is 6.09. The van der Waals surface area contributed by atoms with Gasteiger partial charge in [0.1, 0.15) is 12.1 Å². The zero-order valence-corrected chi connectivity index (χ0v) is 19.4. The Bertz CT molecular complexity index is 1290. The third kappa shape index (κ3) is 4.19. The fourth-order valence-electron chi connectivity index (χ4n) is 4.35. The summed E-state index contributed by atoms with van der Waals surface area (Å²) >= 11 is 0. The molecule has 4 amide bonds. The Labute approximate surface area is 202 Å². The van der Waals surface area contributed by atoms with Gasteiger partial charge in [0, 0.05) is 0 Å². The van der Waals surface area contributed by atoms with E-state index in [4.69, 9.17) is 9.47 Å². The molecule has 3 aromatic carbocycles. The Morgan fingerprint density at radius 1 is 1.00 bits per heavy atom. The van der Waals surface area contributed by atoms with Crippen molar-refractivity contribution in [1.82, 2.24) is 15.5 Å². The SMILES string of the molecule is CC(NC(=O)CN1C(=O)NC(C)(c2ccc3c(c2)OCO3)C1=O)c1ccc(-c2ccccc2)cc1. The number of hydrogen-bond donors (Lipinski definition) is 2. The van der Waals surface area contributed by atoms with Crippen LogP contribution in [0.3, 0.4) is 0 Å². The molecular formula is C27H25N3O5. The molecule has 2 N–H and O–H groups in total. The van der Waals surface area contributed by atoms with Crippen molar-refractivity contribution in [3.8, 4) is 22.6 Å². The van der Waals surface area contributed by atoms with E-state index in [9.17, 15) is 14.4 Å². The Morgan fingerprint density at radius 3 is 2.43 bits per heavy atom. The molecule has 5 rings (SSSR count). The lowest BCUT2D eigenvalue weighted by molar-refractivity contribution is -0.135. The lowest BCUT2D eigenvalue weighted by atomic mass is 9.91. The summed E-state index contributed by atoms with van der Waals surface area (Å²) in [4.78, 5) is 39.5. The van der Waals surface area contributed by atoms with Crippen LogP contribution in [0, 0.1) is 0 Å². The summed E-state index contributed by atoms with van der Waals surface area (Å²) in [5.41, 5.74) is 2.35. The van der Waals surface area contributed by atoms with Crippen LogP contribution in [0.15, 0.2) is 72.8 Å². The molecule has 178 valence electrons. The third-order valence-corrected chi connectivity index (χ3v) is 6.42. The molecule has 2 unspecified atom stereocenters. The molecule has 1 fully saturated rings. The zero-order chi connectivity index (χ0) is 24.6. The van der Waals surface area contributed by atoms with Gasteiger partial charge < -0.3 is 20.1 Å². The first-order valence-electron chi connectivity index (χ1n) is 11.3. The van der Waals surface area contributed by atoms with E-state index in [0.29, 0.717) is 17.1 Å². The highest BCUT2D eigenvalue weighted by Gasteiger charge is 2.50. The molecule has 0 aromatic heterocycles. The zero-order valence-electron chi connectivity index (χ0n) is 19.4. The average molecular weight is 472 g/mol. The summed E-state index contributed by atoms with van der Waals surface area (Å²) in [6, 6.07) is 22.1. The summed E-state index contributed by atoms with van der Waals surface area (Å²) in [7, 11) is 0. The van der Waals surface area contributed by atoms with Crippen molar-refractivity contribution in [2.24, 2.45) is 0 Å². The smallest absolute Gasteiger partial charge is 0.325 e. The van der Waals surface area contributed by atoms with Crippen LogP contribution in [0.5, 0.6) is 11.5 Å². The predicted octanol–water partition coefficient (Wildman–Crippen LogP) is 3.73. The lowest BCUT2D eigenvalue weighted by Gasteiger charge is -2.22.